The molecule has 0 spiro atoms. The van der Waals surface area contributed by atoms with E-state index in [-0.39, 0.29) is 4.90 Å². The van der Waals surface area contributed by atoms with E-state index < -0.39 is 22.5 Å². The van der Waals surface area contributed by atoms with Crippen LogP contribution in [0.2, 0.25) is 5.02 Å². The van der Waals surface area contributed by atoms with E-state index in [0.29, 0.717) is 10.7 Å². The minimum Gasteiger partial charge on any atom is -0.368 e. The van der Waals surface area contributed by atoms with Gasteiger partial charge < -0.3 is 5.73 Å². The van der Waals surface area contributed by atoms with Crippen LogP contribution in [-0.4, -0.2) is 20.9 Å². The Bertz CT molecular complexity index is 771. The van der Waals surface area contributed by atoms with Gasteiger partial charge in [0.1, 0.15) is 6.54 Å². The summed E-state index contributed by atoms with van der Waals surface area (Å²) in [5.74, 6) is -0.738. The molecule has 0 aliphatic heterocycles. The molecule has 0 atom stereocenters. The Morgan fingerprint density at radius 3 is 2.14 bits per heavy atom. The van der Waals surface area contributed by atoms with Crippen LogP contribution < -0.4 is 10.0 Å². The number of anilines is 1. The number of hydrogen-bond acceptors (Lipinski definition) is 3. The third-order valence-electron chi connectivity index (χ3n) is 3.02. The van der Waals surface area contributed by atoms with Crippen LogP contribution in [0.1, 0.15) is 5.56 Å². The molecular formula is C15H15ClN2O3S. The maximum Gasteiger partial charge on any atom is 0.264 e. The number of carbonyl (C=O) groups is 1. The van der Waals surface area contributed by atoms with Crippen LogP contribution in [0.4, 0.5) is 5.69 Å². The minimum atomic E-state index is -3.90. The number of nitrogens with zero attached hydrogens (tertiary/aromatic N) is 1. The van der Waals surface area contributed by atoms with Crippen LogP contribution in [-0.2, 0) is 14.8 Å². The summed E-state index contributed by atoms with van der Waals surface area (Å²) in [6.07, 6.45) is 0. The highest BCUT2D eigenvalue weighted by atomic mass is 35.5. The van der Waals surface area contributed by atoms with Crippen molar-refractivity contribution >= 4 is 33.2 Å². The molecule has 5 nitrogen and oxygen atoms in total. The molecule has 0 aromatic heterocycles. The molecular weight excluding hydrogens is 324 g/mol. The molecule has 0 saturated carbocycles. The van der Waals surface area contributed by atoms with Gasteiger partial charge in [-0.1, -0.05) is 29.3 Å². The lowest BCUT2D eigenvalue weighted by molar-refractivity contribution is -0.116. The van der Waals surface area contributed by atoms with Crippen molar-refractivity contribution in [1.82, 2.24) is 0 Å². The van der Waals surface area contributed by atoms with Gasteiger partial charge in [-0.25, -0.2) is 8.42 Å². The maximum atomic E-state index is 12.7. The highest BCUT2D eigenvalue weighted by Crippen LogP contribution is 2.24. The zero-order valence-corrected chi connectivity index (χ0v) is 13.4. The summed E-state index contributed by atoms with van der Waals surface area (Å²) in [5.41, 5.74) is 6.55. The van der Waals surface area contributed by atoms with Crippen LogP contribution in [0, 0.1) is 6.92 Å². The molecule has 2 N–H and O–H groups in total. The predicted octanol–water partition coefficient (Wildman–Crippen LogP) is 2.33. The van der Waals surface area contributed by atoms with Crippen LogP contribution in [0.25, 0.3) is 0 Å². The van der Waals surface area contributed by atoms with Gasteiger partial charge in [0.2, 0.25) is 5.91 Å². The smallest absolute Gasteiger partial charge is 0.264 e. The predicted molar refractivity (Wildman–Crippen MR) is 86.4 cm³/mol. The van der Waals surface area contributed by atoms with E-state index in [1.165, 1.54) is 24.3 Å². The molecule has 7 heteroatoms. The summed E-state index contributed by atoms with van der Waals surface area (Å²) in [5, 5.41) is 0.427. The molecule has 0 unspecified atom stereocenters. The Kier molecular flexibility index (Phi) is 4.73. The van der Waals surface area contributed by atoms with Crippen molar-refractivity contribution in [3.05, 3.63) is 59.1 Å². The second-order valence-corrected chi connectivity index (χ2v) is 7.07. The first-order valence-electron chi connectivity index (χ1n) is 6.44. The number of primary amides is 1. The van der Waals surface area contributed by atoms with Gasteiger partial charge in [-0.05, 0) is 43.3 Å². The molecule has 0 aliphatic carbocycles. The highest BCUT2D eigenvalue weighted by molar-refractivity contribution is 7.92. The van der Waals surface area contributed by atoms with Crippen molar-refractivity contribution in [2.75, 3.05) is 10.8 Å². The summed E-state index contributed by atoms with van der Waals surface area (Å²) in [7, 11) is -3.90. The van der Waals surface area contributed by atoms with Gasteiger partial charge in [-0.2, -0.15) is 0 Å². The van der Waals surface area contributed by atoms with E-state index in [9.17, 15) is 13.2 Å². The van der Waals surface area contributed by atoms with Gasteiger partial charge >= 0.3 is 0 Å². The summed E-state index contributed by atoms with van der Waals surface area (Å²) < 4.78 is 26.5. The number of amides is 1. The first-order chi connectivity index (χ1) is 10.3. The normalized spacial score (nSPS) is 11.2. The number of aryl methyl sites for hydroxylation is 1. The molecule has 2 aromatic rings. The fourth-order valence-corrected chi connectivity index (χ4v) is 3.46. The number of carbonyl (C=O) groups excluding carboxylic acids is 1. The second-order valence-electron chi connectivity index (χ2n) is 4.77. The average molecular weight is 339 g/mol. The Labute approximate surface area is 134 Å². The molecule has 0 saturated heterocycles. The summed E-state index contributed by atoms with van der Waals surface area (Å²) in [6.45, 7) is 1.45. The number of halogens is 1. The summed E-state index contributed by atoms with van der Waals surface area (Å²) in [6, 6.07) is 12.5. The van der Waals surface area contributed by atoms with Crippen molar-refractivity contribution in [2.45, 2.75) is 11.8 Å². The van der Waals surface area contributed by atoms with E-state index in [1.807, 2.05) is 6.92 Å². The Balaban J connectivity index is 2.50. The zero-order chi connectivity index (χ0) is 16.3. The van der Waals surface area contributed by atoms with Crippen LogP contribution >= 0.6 is 11.6 Å². The quantitative estimate of drug-likeness (QED) is 0.908. The first kappa shape index (κ1) is 16.3. The number of hydrogen-bond donors (Lipinski definition) is 1. The van der Waals surface area contributed by atoms with Crippen molar-refractivity contribution in [3.8, 4) is 0 Å². The molecule has 0 aliphatic rings. The van der Waals surface area contributed by atoms with Crippen molar-refractivity contribution in [1.29, 1.82) is 0 Å². The SMILES string of the molecule is Cc1ccc(N(CC(N)=O)S(=O)(=O)c2ccc(Cl)cc2)cc1. The van der Waals surface area contributed by atoms with Gasteiger partial charge in [0.05, 0.1) is 10.6 Å². The van der Waals surface area contributed by atoms with E-state index in [4.69, 9.17) is 17.3 Å². The lowest BCUT2D eigenvalue weighted by Gasteiger charge is -2.23. The summed E-state index contributed by atoms with van der Waals surface area (Å²) >= 11 is 5.78. The number of nitrogens with two attached hydrogens (primary N) is 1. The topological polar surface area (TPSA) is 80.5 Å². The molecule has 22 heavy (non-hydrogen) atoms. The Hall–Kier alpha value is -2.05. The molecule has 116 valence electrons. The monoisotopic (exact) mass is 338 g/mol. The highest BCUT2D eigenvalue weighted by Gasteiger charge is 2.26. The van der Waals surface area contributed by atoms with Gasteiger partial charge in [0.15, 0.2) is 0 Å². The van der Waals surface area contributed by atoms with Gasteiger partial charge in [0.25, 0.3) is 10.0 Å². The molecule has 0 bridgehead atoms. The third kappa shape index (κ3) is 3.58. The van der Waals surface area contributed by atoms with Crippen molar-refractivity contribution in [3.63, 3.8) is 0 Å². The molecule has 1 amide bonds. The number of sulfonamides is 1. The van der Waals surface area contributed by atoms with Crippen LogP contribution in [0.15, 0.2) is 53.4 Å². The van der Waals surface area contributed by atoms with E-state index in [2.05, 4.69) is 0 Å². The van der Waals surface area contributed by atoms with Gasteiger partial charge in [0, 0.05) is 5.02 Å². The fraction of sp³-hybridized carbons (Fsp3) is 0.133. The van der Waals surface area contributed by atoms with Gasteiger partial charge in [-0.3, -0.25) is 9.10 Å². The third-order valence-corrected chi connectivity index (χ3v) is 5.06. The van der Waals surface area contributed by atoms with Crippen LogP contribution in [0.3, 0.4) is 0 Å². The van der Waals surface area contributed by atoms with E-state index >= 15 is 0 Å². The maximum absolute atomic E-state index is 12.7. The Morgan fingerprint density at radius 1 is 1.09 bits per heavy atom. The minimum absolute atomic E-state index is 0.0405. The standard InChI is InChI=1S/C15H15ClN2O3S/c1-11-2-6-13(7-3-11)18(10-15(17)19)22(20,21)14-8-4-12(16)5-9-14/h2-9H,10H2,1H3,(H2,17,19). The molecule has 2 rings (SSSR count). The van der Waals surface area contributed by atoms with E-state index in [0.717, 1.165) is 9.87 Å². The fourth-order valence-electron chi connectivity index (χ4n) is 1.90. The number of benzene rings is 2. The summed E-state index contributed by atoms with van der Waals surface area (Å²) in [4.78, 5) is 11.3. The second kappa shape index (κ2) is 6.37. The van der Waals surface area contributed by atoms with Crippen molar-refractivity contribution in [2.24, 2.45) is 5.73 Å². The molecule has 2 aromatic carbocycles. The molecule has 0 fully saturated rings. The molecule has 0 heterocycles. The zero-order valence-electron chi connectivity index (χ0n) is 11.9. The van der Waals surface area contributed by atoms with Gasteiger partial charge in [-0.15, -0.1) is 0 Å². The van der Waals surface area contributed by atoms with E-state index in [1.54, 1.807) is 24.3 Å². The lowest BCUT2D eigenvalue weighted by Crippen LogP contribution is -2.38. The Morgan fingerprint density at radius 2 is 1.64 bits per heavy atom. The molecule has 0 radical (unpaired) electrons. The van der Waals surface area contributed by atoms with Crippen LogP contribution in [0.5, 0.6) is 0 Å². The largest absolute Gasteiger partial charge is 0.368 e. The average Bonchev–Trinajstić information content (AvgIpc) is 2.46. The van der Waals surface area contributed by atoms with Crippen molar-refractivity contribution < 1.29 is 13.2 Å². The number of rotatable bonds is 5. The lowest BCUT2D eigenvalue weighted by atomic mass is 10.2. The first-order valence-corrected chi connectivity index (χ1v) is 8.26.